The Bertz CT molecular complexity index is 641. The molecule has 2 aromatic heterocycles. The highest BCUT2D eigenvalue weighted by Crippen LogP contribution is 2.21. The Morgan fingerprint density at radius 2 is 2.24 bits per heavy atom. The lowest BCUT2D eigenvalue weighted by Crippen LogP contribution is -2.36. The zero-order valence-electron chi connectivity index (χ0n) is 15.2. The molecule has 1 aliphatic rings. The molecule has 3 rings (SSSR count). The minimum atomic E-state index is 0.642. The van der Waals surface area contributed by atoms with Crippen LogP contribution >= 0.6 is 0 Å². The number of anilines is 1. The van der Waals surface area contributed by atoms with Gasteiger partial charge >= 0.3 is 0 Å². The monoisotopic (exact) mass is 344 g/mol. The van der Waals surface area contributed by atoms with Gasteiger partial charge in [0.25, 0.3) is 0 Å². The van der Waals surface area contributed by atoms with Crippen LogP contribution < -0.4 is 5.32 Å². The van der Waals surface area contributed by atoms with Crippen molar-refractivity contribution < 1.29 is 4.74 Å². The number of methoxy groups -OCH3 is 1. The van der Waals surface area contributed by atoms with Crippen molar-refractivity contribution in [3.8, 4) is 0 Å². The Hall–Kier alpha value is -1.99. The quantitative estimate of drug-likeness (QED) is 0.736. The number of piperidine rings is 1. The maximum Gasteiger partial charge on any atom is 0.148 e. The summed E-state index contributed by atoms with van der Waals surface area (Å²) in [4.78, 5) is 6.74. The van der Waals surface area contributed by atoms with Gasteiger partial charge in [-0.1, -0.05) is 0 Å². The highest BCUT2D eigenvalue weighted by molar-refractivity contribution is 5.32. The van der Waals surface area contributed by atoms with Crippen LogP contribution in [-0.4, -0.2) is 58.0 Å². The molecule has 0 spiro atoms. The van der Waals surface area contributed by atoms with Crippen molar-refractivity contribution in [1.29, 1.82) is 0 Å². The zero-order valence-corrected chi connectivity index (χ0v) is 15.2. The Morgan fingerprint density at radius 3 is 2.96 bits per heavy atom. The van der Waals surface area contributed by atoms with Gasteiger partial charge in [-0.05, 0) is 43.9 Å². The van der Waals surface area contributed by atoms with E-state index in [1.165, 1.54) is 18.5 Å². The van der Waals surface area contributed by atoms with Gasteiger partial charge in [0, 0.05) is 40.0 Å². The fourth-order valence-corrected chi connectivity index (χ4v) is 3.37. The van der Waals surface area contributed by atoms with E-state index in [1.807, 2.05) is 18.6 Å². The van der Waals surface area contributed by atoms with Crippen LogP contribution in [0, 0.1) is 5.92 Å². The van der Waals surface area contributed by atoms with Gasteiger partial charge in [-0.25, -0.2) is 4.98 Å². The average molecular weight is 344 g/mol. The average Bonchev–Trinajstić information content (AvgIpc) is 3.02. The molecule has 0 bridgehead atoms. The van der Waals surface area contributed by atoms with E-state index in [4.69, 9.17) is 4.74 Å². The molecule has 1 atom stereocenters. The summed E-state index contributed by atoms with van der Waals surface area (Å²) < 4.78 is 7.12. The Kier molecular flexibility index (Phi) is 6.36. The standard InChI is InChI=1S/C18H28N6O/c1-23-14-19-11-17(23)13-24-8-3-4-15(12-24)10-16-5-6-18(22-21-16)20-7-9-25-2/h5-6,11,14-15H,3-4,7-10,12-13H2,1-2H3,(H,20,22)/t15-/m0/s1. The molecule has 0 unspecified atom stereocenters. The molecule has 1 N–H and O–H groups in total. The number of aromatic nitrogens is 4. The van der Waals surface area contributed by atoms with Crippen molar-refractivity contribution in [2.24, 2.45) is 13.0 Å². The molecule has 1 aliphatic heterocycles. The highest BCUT2D eigenvalue weighted by atomic mass is 16.5. The molecule has 1 saturated heterocycles. The summed E-state index contributed by atoms with van der Waals surface area (Å²) >= 11 is 0. The van der Waals surface area contributed by atoms with E-state index in [0.717, 1.165) is 44.1 Å². The van der Waals surface area contributed by atoms with E-state index < -0.39 is 0 Å². The van der Waals surface area contributed by atoms with Crippen molar-refractivity contribution in [3.05, 3.63) is 36.0 Å². The Labute approximate surface area is 149 Å². The third-order valence-corrected chi connectivity index (χ3v) is 4.74. The number of hydrogen-bond donors (Lipinski definition) is 1. The summed E-state index contributed by atoms with van der Waals surface area (Å²) in [5.74, 6) is 1.45. The number of imidazole rings is 1. The molecule has 0 saturated carbocycles. The van der Waals surface area contributed by atoms with Crippen LogP contribution in [-0.2, 0) is 24.8 Å². The van der Waals surface area contributed by atoms with Crippen LogP contribution in [0.1, 0.15) is 24.2 Å². The molecule has 25 heavy (non-hydrogen) atoms. The maximum absolute atomic E-state index is 5.02. The predicted octanol–water partition coefficient (Wildman–Crippen LogP) is 1.72. The number of nitrogens with one attached hydrogen (secondary N) is 1. The van der Waals surface area contributed by atoms with Crippen LogP contribution in [0.4, 0.5) is 5.82 Å². The molecule has 3 heterocycles. The normalized spacial score (nSPS) is 18.4. The SMILES string of the molecule is COCCNc1ccc(C[C@@H]2CCCN(Cc3cncn3C)C2)nn1. The van der Waals surface area contributed by atoms with Crippen molar-refractivity contribution in [3.63, 3.8) is 0 Å². The van der Waals surface area contributed by atoms with Crippen molar-refractivity contribution in [2.45, 2.75) is 25.8 Å². The number of nitrogens with zero attached hydrogens (tertiary/aromatic N) is 5. The summed E-state index contributed by atoms with van der Waals surface area (Å²) in [7, 11) is 3.75. The fraction of sp³-hybridized carbons (Fsp3) is 0.611. The van der Waals surface area contributed by atoms with E-state index in [2.05, 4.69) is 43.1 Å². The third-order valence-electron chi connectivity index (χ3n) is 4.74. The van der Waals surface area contributed by atoms with Gasteiger partial charge in [0.2, 0.25) is 0 Å². The van der Waals surface area contributed by atoms with E-state index in [0.29, 0.717) is 12.5 Å². The van der Waals surface area contributed by atoms with Crippen molar-refractivity contribution in [2.75, 3.05) is 38.7 Å². The largest absolute Gasteiger partial charge is 0.383 e. The first-order valence-electron chi connectivity index (χ1n) is 8.97. The van der Waals surface area contributed by atoms with Crippen LogP contribution in [0.25, 0.3) is 0 Å². The van der Waals surface area contributed by atoms with Crippen LogP contribution in [0.3, 0.4) is 0 Å². The lowest BCUT2D eigenvalue weighted by atomic mass is 9.93. The fourth-order valence-electron chi connectivity index (χ4n) is 3.37. The molecule has 0 aliphatic carbocycles. The van der Waals surface area contributed by atoms with Gasteiger partial charge in [0.1, 0.15) is 5.82 Å². The molecular weight excluding hydrogens is 316 g/mol. The van der Waals surface area contributed by atoms with Gasteiger partial charge < -0.3 is 14.6 Å². The minimum absolute atomic E-state index is 0.642. The predicted molar refractivity (Wildman–Crippen MR) is 97.3 cm³/mol. The van der Waals surface area contributed by atoms with Crippen LogP contribution in [0.15, 0.2) is 24.7 Å². The molecule has 2 aromatic rings. The van der Waals surface area contributed by atoms with Gasteiger partial charge in [-0.3, -0.25) is 4.90 Å². The Morgan fingerprint density at radius 1 is 1.32 bits per heavy atom. The molecule has 7 nitrogen and oxygen atoms in total. The van der Waals surface area contributed by atoms with Gasteiger partial charge in [-0.2, -0.15) is 5.10 Å². The molecule has 1 fully saturated rings. The molecular formula is C18H28N6O. The number of ether oxygens (including phenoxy) is 1. The molecule has 136 valence electrons. The van der Waals surface area contributed by atoms with E-state index in [1.54, 1.807) is 7.11 Å². The summed E-state index contributed by atoms with van der Waals surface area (Å²) in [5.41, 5.74) is 2.34. The molecule has 0 amide bonds. The highest BCUT2D eigenvalue weighted by Gasteiger charge is 2.21. The number of likely N-dealkylation sites (tertiary alicyclic amines) is 1. The number of hydrogen-bond acceptors (Lipinski definition) is 6. The second kappa shape index (κ2) is 8.92. The van der Waals surface area contributed by atoms with Gasteiger partial charge in [0.05, 0.1) is 24.3 Å². The lowest BCUT2D eigenvalue weighted by Gasteiger charge is -2.32. The van der Waals surface area contributed by atoms with E-state index >= 15 is 0 Å². The van der Waals surface area contributed by atoms with Crippen molar-refractivity contribution >= 4 is 5.82 Å². The van der Waals surface area contributed by atoms with Gasteiger partial charge in [-0.15, -0.1) is 5.10 Å². The second-order valence-electron chi connectivity index (χ2n) is 6.77. The van der Waals surface area contributed by atoms with E-state index in [-0.39, 0.29) is 0 Å². The smallest absolute Gasteiger partial charge is 0.148 e. The second-order valence-corrected chi connectivity index (χ2v) is 6.77. The van der Waals surface area contributed by atoms with Crippen LogP contribution in [0.5, 0.6) is 0 Å². The first kappa shape index (κ1) is 17.8. The summed E-state index contributed by atoms with van der Waals surface area (Å²) in [6.45, 7) is 4.66. The first-order valence-corrected chi connectivity index (χ1v) is 8.97. The maximum atomic E-state index is 5.02. The molecule has 7 heteroatoms. The van der Waals surface area contributed by atoms with E-state index in [9.17, 15) is 0 Å². The Balaban J connectivity index is 1.49. The van der Waals surface area contributed by atoms with Crippen molar-refractivity contribution in [1.82, 2.24) is 24.6 Å². The number of aryl methyl sites for hydroxylation is 1. The summed E-state index contributed by atoms with van der Waals surface area (Å²) in [5, 5.41) is 11.8. The zero-order chi connectivity index (χ0) is 17.5. The minimum Gasteiger partial charge on any atom is -0.383 e. The summed E-state index contributed by atoms with van der Waals surface area (Å²) in [6.07, 6.45) is 7.33. The van der Waals surface area contributed by atoms with Gasteiger partial charge in [0.15, 0.2) is 0 Å². The lowest BCUT2D eigenvalue weighted by molar-refractivity contribution is 0.163. The van der Waals surface area contributed by atoms with Crippen LogP contribution in [0.2, 0.25) is 0 Å². The summed E-state index contributed by atoms with van der Waals surface area (Å²) in [6, 6.07) is 4.09. The third kappa shape index (κ3) is 5.24. The molecule has 0 radical (unpaired) electrons. The molecule has 0 aromatic carbocycles. The number of rotatable bonds is 8. The topological polar surface area (TPSA) is 68.1 Å². The first-order chi connectivity index (χ1) is 12.2.